The second-order valence-electron chi connectivity index (χ2n) is 5.86. The van der Waals surface area contributed by atoms with E-state index in [1.807, 2.05) is 36.9 Å². The number of carbonyl (C=O) groups excluding carboxylic acids is 1. The van der Waals surface area contributed by atoms with E-state index in [9.17, 15) is 14.9 Å². The Kier molecular flexibility index (Phi) is 4.83. The number of non-ortho nitro benzene ring substituents is 1. The van der Waals surface area contributed by atoms with Gasteiger partial charge in [-0.15, -0.1) is 0 Å². The van der Waals surface area contributed by atoms with Crippen LogP contribution in [0, 0.1) is 10.1 Å². The van der Waals surface area contributed by atoms with Crippen LogP contribution in [0.4, 0.5) is 5.69 Å². The van der Waals surface area contributed by atoms with E-state index in [0.717, 1.165) is 12.1 Å². The number of nitrogens with one attached hydrogen (secondary N) is 1. The summed E-state index contributed by atoms with van der Waals surface area (Å²) in [7, 11) is 1.89. The molecule has 0 aliphatic rings. The van der Waals surface area contributed by atoms with Crippen LogP contribution in [0.1, 0.15) is 23.8 Å². The van der Waals surface area contributed by atoms with Crippen LogP contribution in [0.25, 0.3) is 17.1 Å². The first-order valence-corrected chi connectivity index (χ1v) is 8.26. The van der Waals surface area contributed by atoms with Crippen LogP contribution in [0.5, 0.6) is 0 Å². The highest BCUT2D eigenvalue weighted by molar-refractivity contribution is 5.94. The fourth-order valence-corrected chi connectivity index (χ4v) is 2.66. The van der Waals surface area contributed by atoms with Gasteiger partial charge < -0.3 is 9.88 Å². The van der Waals surface area contributed by atoms with Crippen molar-refractivity contribution < 1.29 is 9.72 Å². The Morgan fingerprint density at radius 3 is 2.73 bits per heavy atom. The maximum absolute atomic E-state index is 12.6. The molecule has 3 aromatic rings. The molecule has 8 nitrogen and oxygen atoms in total. The van der Waals surface area contributed by atoms with E-state index >= 15 is 0 Å². The third-order valence-corrected chi connectivity index (χ3v) is 3.97. The number of carbonyl (C=O) groups is 1. The Morgan fingerprint density at radius 1 is 1.27 bits per heavy atom. The largest absolute Gasteiger partial charge is 0.351 e. The first kappa shape index (κ1) is 17.4. The Morgan fingerprint density at radius 2 is 2.08 bits per heavy atom. The first-order chi connectivity index (χ1) is 12.5. The molecule has 26 heavy (non-hydrogen) atoms. The molecule has 8 heteroatoms. The van der Waals surface area contributed by atoms with E-state index in [1.54, 1.807) is 18.2 Å². The number of aromatic nitrogens is 3. The Labute approximate surface area is 150 Å². The lowest BCUT2D eigenvalue weighted by Gasteiger charge is -2.07. The zero-order valence-corrected chi connectivity index (χ0v) is 14.5. The van der Waals surface area contributed by atoms with Gasteiger partial charge >= 0.3 is 0 Å². The average molecular weight is 353 g/mol. The third kappa shape index (κ3) is 3.34. The molecule has 1 aromatic carbocycles. The number of amides is 1. The third-order valence-electron chi connectivity index (χ3n) is 3.97. The summed E-state index contributed by atoms with van der Waals surface area (Å²) in [4.78, 5) is 23.2. The van der Waals surface area contributed by atoms with Gasteiger partial charge in [0.05, 0.1) is 16.3 Å². The van der Waals surface area contributed by atoms with E-state index in [2.05, 4.69) is 10.4 Å². The molecule has 0 spiro atoms. The highest BCUT2D eigenvalue weighted by Gasteiger charge is 2.19. The van der Waals surface area contributed by atoms with Gasteiger partial charge in [-0.25, -0.2) is 4.68 Å². The van der Waals surface area contributed by atoms with Gasteiger partial charge in [0.2, 0.25) is 0 Å². The summed E-state index contributed by atoms with van der Waals surface area (Å²) in [6, 6.07) is 11.5. The maximum Gasteiger partial charge on any atom is 0.271 e. The zero-order chi connectivity index (χ0) is 18.7. The number of benzene rings is 1. The summed E-state index contributed by atoms with van der Waals surface area (Å²) in [5.74, 6) is -0.272. The van der Waals surface area contributed by atoms with Crippen LogP contribution < -0.4 is 5.32 Å². The van der Waals surface area contributed by atoms with Crippen LogP contribution in [0.2, 0.25) is 0 Å². The monoisotopic (exact) mass is 353 g/mol. The van der Waals surface area contributed by atoms with Crippen molar-refractivity contribution in [1.29, 1.82) is 0 Å². The van der Waals surface area contributed by atoms with Crippen molar-refractivity contribution in [2.75, 3.05) is 6.54 Å². The van der Waals surface area contributed by atoms with E-state index in [-0.39, 0.29) is 11.6 Å². The van der Waals surface area contributed by atoms with Crippen molar-refractivity contribution in [3.8, 4) is 17.1 Å². The molecule has 0 radical (unpaired) electrons. The second-order valence-corrected chi connectivity index (χ2v) is 5.86. The van der Waals surface area contributed by atoms with Crippen LogP contribution in [-0.2, 0) is 7.05 Å². The quantitative estimate of drug-likeness (QED) is 0.544. The minimum atomic E-state index is -0.470. The van der Waals surface area contributed by atoms with Gasteiger partial charge in [-0.3, -0.25) is 14.9 Å². The molecule has 1 N–H and O–H groups in total. The van der Waals surface area contributed by atoms with Crippen LogP contribution in [-0.4, -0.2) is 31.7 Å². The molecule has 0 bridgehead atoms. The smallest absolute Gasteiger partial charge is 0.271 e. The molecule has 0 saturated carbocycles. The lowest BCUT2D eigenvalue weighted by atomic mass is 10.2. The van der Waals surface area contributed by atoms with Gasteiger partial charge in [0, 0.05) is 31.9 Å². The zero-order valence-electron chi connectivity index (χ0n) is 14.5. The molecule has 0 atom stereocenters. The highest BCUT2D eigenvalue weighted by atomic mass is 16.6. The van der Waals surface area contributed by atoms with E-state index in [4.69, 9.17) is 0 Å². The standard InChI is InChI=1S/C18H19N5O3/c1-3-9-19-18(24)17-12-15(16-8-5-10-21(16)2)20-22(17)13-6-4-7-14(11-13)23(25)26/h4-8,10-12H,3,9H2,1-2H3,(H,19,24). The van der Waals surface area contributed by atoms with Crippen molar-refractivity contribution in [1.82, 2.24) is 19.7 Å². The van der Waals surface area contributed by atoms with E-state index in [1.165, 1.54) is 16.8 Å². The molecule has 0 aliphatic heterocycles. The van der Waals surface area contributed by atoms with E-state index < -0.39 is 4.92 Å². The van der Waals surface area contributed by atoms with Crippen LogP contribution in [0.3, 0.4) is 0 Å². The lowest BCUT2D eigenvalue weighted by Crippen LogP contribution is -2.26. The summed E-state index contributed by atoms with van der Waals surface area (Å²) >= 11 is 0. The Balaban J connectivity index is 2.11. The molecule has 3 rings (SSSR count). The van der Waals surface area contributed by atoms with Crippen LogP contribution in [0.15, 0.2) is 48.7 Å². The summed E-state index contributed by atoms with van der Waals surface area (Å²) in [5, 5.41) is 18.4. The number of nitrogens with zero attached hydrogens (tertiary/aromatic N) is 4. The number of rotatable bonds is 6. The molecule has 0 saturated heterocycles. The number of nitro groups is 1. The summed E-state index contributed by atoms with van der Waals surface area (Å²) in [5.41, 5.74) is 2.19. The molecule has 0 unspecified atom stereocenters. The van der Waals surface area contributed by atoms with Gasteiger partial charge in [-0.2, -0.15) is 5.10 Å². The van der Waals surface area contributed by atoms with Gasteiger partial charge in [-0.1, -0.05) is 13.0 Å². The molecule has 0 fully saturated rings. The lowest BCUT2D eigenvalue weighted by molar-refractivity contribution is -0.384. The summed E-state index contributed by atoms with van der Waals surface area (Å²) in [6.07, 6.45) is 2.69. The molecular weight excluding hydrogens is 334 g/mol. The van der Waals surface area contributed by atoms with Crippen LogP contribution >= 0.6 is 0 Å². The predicted octanol–water partition coefficient (Wildman–Crippen LogP) is 2.93. The molecule has 0 aliphatic carbocycles. The van der Waals surface area contributed by atoms with Crippen molar-refractivity contribution in [3.63, 3.8) is 0 Å². The average Bonchev–Trinajstić information content (AvgIpc) is 3.25. The number of hydrogen-bond acceptors (Lipinski definition) is 4. The summed E-state index contributed by atoms with van der Waals surface area (Å²) in [6.45, 7) is 2.51. The fraction of sp³-hybridized carbons (Fsp3) is 0.222. The molecular formula is C18H19N5O3. The normalized spacial score (nSPS) is 10.7. The minimum absolute atomic E-state index is 0.0571. The minimum Gasteiger partial charge on any atom is -0.351 e. The Bertz CT molecular complexity index is 957. The van der Waals surface area contributed by atoms with Crippen molar-refractivity contribution in [3.05, 3.63) is 64.5 Å². The number of hydrogen-bond donors (Lipinski definition) is 1. The van der Waals surface area contributed by atoms with Gasteiger partial charge in [0.1, 0.15) is 11.4 Å². The van der Waals surface area contributed by atoms with Crippen molar-refractivity contribution in [2.45, 2.75) is 13.3 Å². The highest BCUT2D eigenvalue weighted by Crippen LogP contribution is 2.23. The first-order valence-electron chi connectivity index (χ1n) is 8.26. The fourth-order valence-electron chi connectivity index (χ4n) is 2.66. The second kappa shape index (κ2) is 7.22. The summed E-state index contributed by atoms with van der Waals surface area (Å²) < 4.78 is 3.34. The van der Waals surface area contributed by atoms with Gasteiger partial charge in [0.25, 0.3) is 11.6 Å². The molecule has 1 amide bonds. The van der Waals surface area contributed by atoms with Gasteiger partial charge in [-0.05, 0) is 30.7 Å². The molecule has 2 heterocycles. The maximum atomic E-state index is 12.6. The number of aryl methyl sites for hydroxylation is 1. The van der Waals surface area contributed by atoms with Crippen molar-refractivity contribution >= 4 is 11.6 Å². The molecule has 2 aromatic heterocycles. The SMILES string of the molecule is CCCNC(=O)c1cc(-c2cccn2C)nn1-c1cccc([N+](=O)[O-])c1. The predicted molar refractivity (Wildman–Crippen MR) is 97.2 cm³/mol. The Hall–Kier alpha value is -3.42. The van der Waals surface area contributed by atoms with Crippen molar-refractivity contribution in [2.24, 2.45) is 7.05 Å². The topological polar surface area (TPSA) is 95.0 Å². The number of nitro benzene ring substituents is 1. The van der Waals surface area contributed by atoms with Gasteiger partial charge in [0.15, 0.2) is 0 Å². The molecule has 134 valence electrons. The van der Waals surface area contributed by atoms with E-state index in [0.29, 0.717) is 23.6 Å².